The molecule has 4 aliphatic rings. The second-order valence-corrected chi connectivity index (χ2v) is 15.6. The topological polar surface area (TPSA) is 26.3 Å². The van der Waals surface area contributed by atoms with Crippen molar-refractivity contribution >= 4 is 17.7 Å². The van der Waals surface area contributed by atoms with Gasteiger partial charge in [-0.15, -0.1) is 11.8 Å². The molecule has 40 heavy (non-hydrogen) atoms. The molecule has 8 atom stereocenters. The zero-order chi connectivity index (χ0) is 28.1. The van der Waals surface area contributed by atoms with E-state index < -0.39 is 0 Å². The van der Waals surface area contributed by atoms with Crippen LogP contribution in [0, 0.1) is 45.8 Å². The normalized spacial score (nSPS) is 36.9. The van der Waals surface area contributed by atoms with E-state index in [-0.39, 0.29) is 22.9 Å². The van der Waals surface area contributed by atoms with Gasteiger partial charge in [0.25, 0.3) is 0 Å². The molecule has 0 aromatic heterocycles. The van der Waals surface area contributed by atoms with Crippen LogP contribution in [0.3, 0.4) is 0 Å². The Morgan fingerprint density at radius 2 is 1.60 bits per heavy atom. The molecule has 3 saturated carbocycles. The summed E-state index contributed by atoms with van der Waals surface area (Å²) in [7, 11) is 0. The summed E-state index contributed by atoms with van der Waals surface area (Å²) in [6, 6.07) is 20.5. The number of fused-ring (bicyclic) bond motifs is 5. The Hall–Kier alpha value is -2.00. The van der Waals surface area contributed by atoms with Gasteiger partial charge < -0.3 is 4.74 Å². The van der Waals surface area contributed by atoms with Crippen LogP contribution >= 0.6 is 11.8 Å². The molecule has 214 valence electrons. The van der Waals surface area contributed by atoms with Crippen molar-refractivity contribution in [2.75, 3.05) is 5.75 Å². The Morgan fingerprint density at radius 3 is 2.33 bits per heavy atom. The molecule has 0 aliphatic heterocycles. The summed E-state index contributed by atoms with van der Waals surface area (Å²) in [5.74, 6) is 5.01. The average molecular weight is 557 g/mol. The van der Waals surface area contributed by atoms with Crippen LogP contribution in [0.4, 0.5) is 0 Å². The fourth-order valence-corrected chi connectivity index (χ4v) is 11.2. The maximum absolute atomic E-state index is 13.0. The third-order valence-corrected chi connectivity index (χ3v) is 13.5. The minimum absolute atomic E-state index is 0.0660. The molecule has 6 rings (SSSR count). The van der Waals surface area contributed by atoms with Gasteiger partial charge in [0, 0.05) is 16.1 Å². The lowest BCUT2D eigenvalue weighted by Crippen LogP contribution is -2.55. The average Bonchev–Trinajstić information content (AvgIpc) is 3.31. The number of hydrogen-bond acceptors (Lipinski definition) is 3. The van der Waals surface area contributed by atoms with Crippen molar-refractivity contribution in [1.82, 2.24) is 0 Å². The molecule has 0 N–H and O–H groups in total. The third kappa shape index (κ3) is 4.69. The van der Waals surface area contributed by atoms with E-state index in [2.05, 4.69) is 71.0 Å². The van der Waals surface area contributed by atoms with Crippen LogP contribution in [-0.2, 0) is 4.74 Å². The van der Waals surface area contributed by atoms with Gasteiger partial charge in [0.05, 0.1) is 5.56 Å². The molecule has 0 bridgehead atoms. The summed E-state index contributed by atoms with van der Waals surface area (Å²) in [6.45, 7) is 12.4. The highest BCUT2D eigenvalue weighted by molar-refractivity contribution is 7.99. The summed E-state index contributed by atoms with van der Waals surface area (Å²) in [4.78, 5) is 14.4. The van der Waals surface area contributed by atoms with Crippen LogP contribution in [0.2, 0.25) is 0 Å². The lowest BCUT2D eigenvalue weighted by atomic mass is 9.44. The fourth-order valence-electron chi connectivity index (χ4n) is 10.2. The molecule has 0 unspecified atom stereocenters. The SMILES string of the molecule is C[C@H](CSc1ccccc1)[C@H]1CC[C@H]2[C@@H]3CC=C4C(C)(C)[C@@H](OC(=O)c5ccccc5)CC[C@]4(C)[C@H]3CC[C@]12C. The van der Waals surface area contributed by atoms with Crippen molar-refractivity contribution in [2.24, 2.45) is 45.8 Å². The van der Waals surface area contributed by atoms with Crippen molar-refractivity contribution in [3.8, 4) is 0 Å². The van der Waals surface area contributed by atoms with Gasteiger partial charge in [-0.1, -0.05) is 82.7 Å². The first kappa shape index (κ1) is 28.1. The van der Waals surface area contributed by atoms with Crippen LogP contribution in [0.15, 0.2) is 77.2 Å². The second kappa shape index (κ2) is 10.7. The molecule has 0 radical (unpaired) electrons. The van der Waals surface area contributed by atoms with Gasteiger partial charge >= 0.3 is 5.97 Å². The zero-order valence-electron chi connectivity index (χ0n) is 25.2. The van der Waals surface area contributed by atoms with Crippen LogP contribution in [0.1, 0.15) is 89.9 Å². The van der Waals surface area contributed by atoms with E-state index in [9.17, 15) is 4.79 Å². The van der Waals surface area contributed by atoms with E-state index in [1.54, 1.807) is 5.57 Å². The second-order valence-electron chi connectivity index (χ2n) is 14.5. The number of rotatable bonds is 6. The largest absolute Gasteiger partial charge is 0.458 e. The molecule has 3 fully saturated rings. The highest BCUT2D eigenvalue weighted by atomic mass is 32.2. The summed E-state index contributed by atoms with van der Waals surface area (Å²) in [6.07, 6.45) is 11.4. The lowest BCUT2D eigenvalue weighted by molar-refractivity contribution is -0.0818. The molecule has 4 aliphatic carbocycles. The highest BCUT2D eigenvalue weighted by Gasteiger charge is 2.61. The number of carbonyl (C=O) groups excluding carboxylic acids is 1. The number of hydrogen-bond donors (Lipinski definition) is 0. The quantitative estimate of drug-likeness (QED) is 0.201. The first-order chi connectivity index (χ1) is 19.1. The maximum atomic E-state index is 13.0. The highest BCUT2D eigenvalue weighted by Crippen LogP contribution is 2.69. The predicted molar refractivity (Wildman–Crippen MR) is 166 cm³/mol. The van der Waals surface area contributed by atoms with Gasteiger partial charge in [-0.2, -0.15) is 0 Å². The Morgan fingerprint density at radius 1 is 0.900 bits per heavy atom. The van der Waals surface area contributed by atoms with Crippen LogP contribution in [0.25, 0.3) is 0 Å². The maximum Gasteiger partial charge on any atom is 0.338 e. The monoisotopic (exact) mass is 556 g/mol. The molecule has 3 heteroatoms. The van der Waals surface area contributed by atoms with E-state index in [1.165, 1.54) is 42.8 Å². The third-order valence-electron chi connectivity index (χ3n) is 12.2. The standard InChI is InChI=1S/C37H48O2S/c1-25(24-40-27-14-10-7-11-15-27)29-17-18-30-28-16-19-32-35(2,3)33(39-34(38)26-12-8-6-9-13-26)21-23-37(32,5)31(28)20-22-36(29,30)4/h6-15,19,25,28-31,33H,16-18,20-24H2,1-5H3/t25-,28+,29-,30+,31+,33+,36-,37-/m1/s1. The lowest BCUT2D eigenvalue weighted by Gasteiger charge is -2.61. The molecule has 0 heterocycles. The molecule has 2 nitrogen and oxygen atoms in total. The van der Waals surface area contributed by atoms with Crippen molar-refractivity contribution < 1.29 is 9.53 Å². The number of allylic oxidation sites excluding steroid dienone is 1. The minimum Gasteiger partial charge on any atom is -0.458 e. The van der Waals surface area contributed by atoms with Crippen LogP contribution < -0.4 is 0 Å². The van der Waals surface area contributed by atoms with E-state index in [0.717, 1.165) is 42.4 Å². The summed E-state index contributed by atoms with van der Waals surface area (Å²) < 4.78 is 6.22. The zero-order valence-corrected chi connectivity index (χ0v) is 26.0. The fraction of sp³-hybridized carbons (Fsp3) is 0.595. The minimum atomic E-state index is -0.179. The van der Waals surface area contributed by atoms with Gasteiger partial charge in [0.15, 0.2) is 0 Å². The van der Waals surface area contributed by atoms with Crippen molar-refractivity contribution in [2.45, 2.75) is 90.6 Å². The van der Waals surface area contributed by atoms with Gasteiger partial charge in [-0.3, -0.25) is 0 Å². The molecule has 0 saturated heterocycles. The van der Waals surface area contributed by atoms with Crippen molar-refractivity contribution in [3.63, 3.8) is 0 Å². The van der Waals surface area contributed by atoms with Crippen LogP contribution in [-0.4, -0.2) is 17.8 Å². The Bertz CT molecular complexity index is 1240. The van der Waals surface area contributed by atoms with Gasteiger partial charge in [-0.25, -0.2) is 4.79 Å². The molecule has 2 aromatic carbocycles. The van der Waals surface area contributed by atoms with E-state index in [0.29, 0.717) is 11.0 Å². The molecule has 2 aromatic rings. The summed E-state index contributed by atoms with van der Waals surface area (Å²) in [5, 5.41) is 0. The number of thioether (sulfide) groups is 1. The van der Waals surface area contributed by atoms with Gasteiger partial charge in [0.1, 0.15) is 6.10 Å². The summed E-state index contributed by atoms with van der Waals surface area (Å²) >= 11 is 2.05. The first-order valence-corrected chi connectivity index (χ1v) is 16.8. The van der Waals surface area contributed by atoms with Crippen LogP contribution in [0.5, 0.6) is 0 Å². The Kier molecular flexibility index (Phi) is 7.51. The van der Waals surface area contributed by atoms with Gasteiger partial charge in [-0.05, 0) is 110 Å². The van der Waals surface area contributed by atoms with E-state index in [4.69, 9.17) is 4.74 Å². The molecule has 0 amide bonds. The molecular weight excluding hydrogens is 508 g/mol. The smallest absolute Gasteiger partial charge is 0.338 e. The van der Waals surface area contributed by atoms with E-state index >= 15 is 0 Å². The van der Waals surface area contributed by atoms with Crippen molar-refractivity contribution in [3.05, 3.63) is 77.9 Å². The number of esters is 1. The summed E-state index contributed by atoms with van der Waals surface area (Å²) in [5.41, 5.74) is 2.78. The van der Waals surface area contributed by atoms with Gasteiger partial charge in [0.2, 0.25) is 0 Å². The Balaban J connectivity index is 1.18. The van der Waals surface area contributed by atoms with Crippen molar-refractivity contribution in [1.29, 1.82) is 0 Å². The number of carbonyl (C=O) groups is 1. The Labute approximate surface area is 246 Å². The predicted octanol–water partition coefficient (Wildman–Crippen LogP) is 9.86. The number of benzene rings is 2. The molecule has 0 spiro atoms. The van der Waals surface area contributed by atoms with E-state index in [1.807, 2.05) is 42.1 Å². The molecular formula is C37H48O2S. The first-order valence-electron chi connectivity index (χ1n) is 15.8. The number of ether oxygens (including phenoxy) is 1.